The molecule has 5 atom stereocenters. The van der Waals surface area contributed by atoms with E-state index in [9.17, 15) is 0 Å². The first-order chi connectivity index (χ1) is 19.8. The normalized spacial score (nSPS) is 22.7. The summed E-state index contributed by atoms with van der Waals surface area (Å²) in [6.45, 7) is 1.41. The van der Waals surface area contributed by atoms with Crippen LogP contribution in [0.1, 0.15) is 35.1 Å². The molecule has 0 spiro atoms. The van der Waals surface area contributed by atoms with Gasteiger partial charge in [-0.05, 0) is 41.5 Å². The topological polar surface area (TPSA) is 36.9 Å². The summed E-state index contributed by atoms with van der Waals surface area (Å²) < 4.78 is 26.4. The van der Waals surface area contributed by atoms with Gasteiger partial charge in [-0.15, -0.1) is 0 Å². The van der Waals surface area contributed by atoms with Gasteiger partial charge in [-0.3, -0.25) is 0 Å². The highest BCUT2D eigenvalue weighted by atomic mass is 79.9. The van der Waals surface area contributed by atoms with Crippen LogP contribution in [0.25, 0.3) is 0 Å². The quantitative estimate of drug-likeness (QED) is 0.146. The summed E-state index contributed by atoms with van der Waals surface area (Å²) in [6, 6.07) is 41.3. The highest BCUT2D eigenvalue weighted by Gasteiger charge is 2.47. The van der Waals surface area contributed by atoms with Gasteiger partial charge in [-0.25, -0.2) is 0 Å². The van der Waals surface area contributed by atoms with E-state index in [0.717, 1.165) is 36.0 Å². The molecule has 0 amide bonds. The molecule has 0 bridgehead atoms. The van der Waals surface area contributed by atoms with Crippen molar-refractivity contribution in [3.8, 4) is 0 Å². The number of hydrogen-bond acceptors (Lipinski definition) is 4. The summed E-state index contributed by atoms with van der Waals surface area (Å²) in [6.07, 6.45) is 1.71. The molecule has 4 aromatic carbocycles. The van der Waals surface area contributed by atoms with E-state index in [1.807, 2.05) is 54.6 Å². The Balaban J connectivity index is 1.36. The van der Waals surface area contributed by atoms with Gasteiger partial charge < -0.3 is 18.9 Å². The van der Waals surface area contributed by atoms with Crippen LogP contribution in [0.5, 0.6) is 0 Å². The molecule has 1 saturated heterocycles. The van der Waals surface area contributed by atoms with Crippen molar-refractivity contribution in [2.24, 2.45) is 0 Å². The van der Waals surface area contributed by atoms with Crippen molar-refractivity contribution in [2.45, 2.75) is 68.5 Å². The molecule has 0 aliphatic carbocycles. The second-order valence-corrected chi connectivity index (χ2v) is 11.1. The summed E-state index contributed by atoms with van der Waals surface area (Å²) >= 11 is 3.81. The zero-order valence-corrected chi connectivity index (χ0v) is 24.3. The molecule has 5 rings (SSSR count). The summed E-state index contributed by atoms with van der Waals surface area (Å²) in [5, 5.41) is -0.324. The number of halogens is 1. The van der Waals surface area contributed by atoms with Gasteiger partial charge in [0.25, 0.3) is 0 Å². The number of aryl methyl sites for hydroxylation is 1. The highest BCUT2D eigenvalue weighted by Crippen LogP contribution is 2.34. The zero-order valence-electron chi connectivity index (χ0n) is 22.7. The van der Waals surface area contributed by atoms with E-state index >= 15 is 0 Å². The van der Waals surface area contributed by atoms with Crippen molar-refractivity contribution < 1.29 is 18.9 Å². The van der Waals surface area contributed by atoms with E-state index in [4.69, 9.17) is 18.9 Å². The fourth-order valence-electron chi connectivity index (χ4n) is 5.12. The van der Waals surface area contributed by atoms with E-state index in [1.54, 1.807) is 0 Å². The van der Waals surface area contributed by atoms with Crippen LogP contribution in [0, 0.1) is 0 Å². The third kappa shape index (κ3) is 8.35. The molecular formula is C35H37BrO4. The van der Waals surface area contributed by atoms with Crippen molar-refractivity contribution >= 4 is 15.9 Å². The summed E-state index contributed by atoms with van der Waals surface area (Å²) in [5.41, 5.74) is 4.67. The molecule has 5 heteroatoms. The fraction of sp³-hybridized carbons (Fsp3) is 0.314. The van der Waals surface area contributed by atoms with Crippen LogP contribution in [-0.4, -0.2) is 29.4 Å². The van der Waals surface area contributed by atoms with Gasteiger partial charge in [0, 0.05) is 0 Å². The van der Waals surface area contributed by atoms with Crippen LogP contribution >= 0.6 is 15.9 Å². The van der Waals surface area contributed by atoms with E-state index in [0.29, 0.717) is 19.8 Å². The van der Waals surface area contributed by atoms with Crippen molar-refractivity contribution in [3.63, 3.8) is 0 Å². The molecule has 0 N–H and O–H groups in total. The van der Waals surface area contributed by atoms with E-state index in [1.165, 1.54) is 5.56 Å². The van der Waals surface area contributed by atoms with Crippen molar-refractivity contribution in [1.29, 1.82) is 0 Å². The predicted molar refractivity (Wildman–Crippen MR) is 162 cm³/mol. The minimum Gasteiger partial charge on any atom is -0.368 e. The maximum atomic E-state index is 6.68. The fourth-order valence-corrected chi connectivity index (χ4v) is 5.85. The van der Waals surface area contributed by atoms with Crippen LogP contribution in [0.4, 0.5) is 0 Å². The van der Waals surface area contributed by atoms with Crippen molar-refractivity contribution in [1.82, 2.24) is 0 Å². The lowest BCUT2D eigenvalue weighted by Gasteiger charge is -2.45. The molecule has 0 unspecified atom stereocenters. The second-order valence-electron chi connectivity index (χ2n) is 10.2. The number of hydrogen-bond donors (Lipinski definition) is 0. The van der Waals surface area contributed by atoms with Gasteiger partial charge in [0.05, 0.1) is 25.9 Å². The Morgan fingerprint density at radius 2 is 0.900 bits per heavy atom. The van der Waals surface area contributed by atoms with Crippen LogP contribution in [0.2, 0.25) is 0 Å². The Bertz CT molecular complexity index is 1240. The summed E-state index contributed by atoms with van der Waals surface area (Å²) in [5.74, 6) is 0. The standard InChI is InChI=1S/C35H37BrO4/c36-35-34(39-26-30-20-11-4-12-21-30)33(38-25-29-18-9-3-10-19-29)32(37-24-28-16-7-2-8-17-28)31(40-35)23-13-22-27-14-5-1-6-15-27/h1-12,14-21,31-35H,13,22-26H2/t31-,32-,33+,34-,35+/m1/s1. The summed E-state index contributed by atoms with van der Waals surface area (Å²) in [4.78, 5) is 0. The van der Waals surface area contributed by atoms with Crippen molar-refractivity contribution in [3.05, 3.63) is 144 Å². The molecule has 0 radical (unpaired) electrons. The Morgan fingerprint density at radius 3 is 1.38 bits per heavy atom. The number of ether oxygens (including phenoxy) is 4. The van der Waals surface area contributed by atoms with E-state index in [-0.39, 0.29) is 29.4 Å². The molecule has 0 saturated carbocycles. The number of rotatable bonds is 13. The molecule has 208 valence electrons. The van der Waals surface area contributed by atoms with Gasteiger partial charge in [0.2, 0.25) is 0 Å². The lowest BCUT2D eigenvalue weighted by atomic mass is 9.94. The second kappa shape index (κ2) is 15.3. The van der Waals surface area contributed by atoms with Crippen LogP contribution in [-0.2, 0) is 45.2 Å². The smallest absolute Gasteiger partial charge is 0.141 e. The average molecular weight is 602 g/mol. The van der Waals surface area contributed by atoms with Crippen LogP contribution in [0.3, 0.4) is 0 Å². The highest BCUT2D eigenvalue weighted by molar-refractivity contribution is 9.09. The van der Waals surface area contributed by atoms with Gasteiger partial charge in [0.15, 0.2) is 0 Å². The number of benzene rings is 4. The first-order valence-electron chi connectivity index (χ1n) is 14.1. The Labute approximate surface area is 246 Å². The molecular weight excluding hydrogens is 564 g/mol. The molecule has 4 nitrogen and oxygen atoms in total. The third-order valence-corrected chi connectivity index (χ3v) is 7.97. The zero-order chi connectivity index (χ0) is 27.4. The van der Waals surface area contributed by atoms with Gasteiger partial charge in [0.1, 0.15) is 23.3 Å². The maximum Gasteiger partial charge on any atom is 0.141 e. The largest absolute Gasteiger partial charge is 0.368 e. The molecule has 1 fully saturated rings. The summed E-state index contributed by atoms with van der Waals surface area (Å²) in [7, 11) is 0. The van der Waals surface area contributed by atoms with Gasteiger partial charge in [-0.1, -0.05) is 137 Å². The van der Waals surface area contributed by atoms with Crippen LogP contribution < -0.4 is 0 Å². The molecule has 1 aliphatic rings. The van der Waals surface area contributed by atoms with Crippen LogP contribution in [0.15, 0.2) is 121 Å². The average Bonchev–Trinajstić information content (AvgIpc) is 3.01. The molecule has 1 heterocycles. The predicted octanol–water partition coefficient (Wildman–Crippen LogP) is 7.89. The minimum atomic E-state index is -0.352. The molecule has 0 aromatic heterocycles. The minimum absolute atomic E-state index is 0.144. The van der Waals surface area contributed by atoms with E-state index in [2.05, 4.69) is 82.7 Å². The lowest BCUT2D eigenvalue weighted by Crippen LogP contribution is -2.58. The Hall–Kier alpha value is -2.80. The van der Waals surface area contributed by atoms with E-state index < -0.39 is 0 Å². The molecule has 1 aliphatic heterocycles. The number of alkyl halides is 1. The monoisotopic (exact) mass is 600 g/mol. The SMILES string of the molecule is Br[C@H]1O[C@H](CCCc2ccccc2)[C@@H](OCc2ccccc2)[C@H](OCc2ccccc2)[C@H]1OCc1ccccc1. The maximum absolute atomic E-state index is 6.68. The first-order valence-corrected chi connectivity index (χ1v) is 15.0. The molecule has 40 heavy (non-hydrogen) atoms. The lowest BCUT2D eigenvalue weighted by molar-refractivity contribution is -0.246. The molecule has 4 aromatic rings. The van der Waals surface area contributed by atoms with Gasteiger partial charge >= 0.3 is 0 Å². The Morgan fingerprint density at radius 1 is 0.500 bits per heavy atom. The third-order valence-electron chi connectivity index (χ3n) is 7.23. The Kier molecular flexibility index (Phi) is 11.0. The van der Waals surface area contributed by atoms with Crippen molar-refractivity contribution in [2.75, 3.05) is 0 Å². The van der Waals surface area contributed by atoms with Gasteiger partial charge in [-0.2, -0.15) is 0 Å². The first kappa shape index (κ1) is 28.7.